The Morgan fingerprint density at radius 2 is 1.07 bits per heavy atom. The minimum absolute atomic E-state index is 0.215. The lowest BCUT2D eigenvalue weighted by Crippen LogP contribution is -2.67. The Hall–Kier alpha value is -0.0400. The van der Waals surface area contributed by atoms with Crippen LogP contribution in [0.3, 0.4) is 0 Å². The van der Waals surface area contributed by atoms with Gasteiger partial charge < -0.3 is 0 Å². The van der Waals surface area contributed by atoms with Gasteiger partial charge in [-0.1, -0.05) is 68.0 Å². The van der Waals surface area contributed by atoms with Gasteiger partial charge in [0.05, 0.1) is 0 Å². The quantitative estimate of drug-likeness (QED) is 0.109. The molecule has 0 radical (unpaired) electrons. The average molecular weight is 536 g/mol. The van der Waals surface area contributed by atoms with Gasteiger partial charge in [0.1, 0.15) is 0 Å². The van der Waals surface area contributed by atoms with Crippen LogP contribution >= 0.6 is 22.6 Å². The molecule has 0 spiro atoms. The molecule has 0 N–H and O–H groups in total. The summed E-state index contributed by atoms with van der Waals surface area (Å²) in [4.78, 5) is 0. The van der Waals surface area contributed by atoms with Crippen LogP contribution in [0.5, 0.6) is 0 Å². The summed E-state index contributed by atoms with van der Waals surface area (Å²) in [5, 5.41) is 0. The number of hydrogen-bond acceptors (Lipinski definition) is 0. The first-order chi connectivity index (χ1) is 12.0. The van der Waals surface area contributed by atoms with Gasteiger partial charge in [0.2, 0.25) is 0 Å². The molecule has 0 nitrogen and oxygen atoms in total. The lowest BCUT2D eigenvalue weighted by atomic mass is 9.86. The number of hydrogen-bond donors (Lipinski definition) is 0. The van der Waals surface area contributed by atoms with E-state index in [4.69, 9.17) is 0 Å². The molecule has 0 aliphatic carbocycles. The fraction of sp³-hybridized carbons (Fsp3) is 1.00. The van der Waals surface area contributed by atoms with Crippen molar-refractivity contribution in [2.75, 3.05) is 0 Å². The predicted molar refractivity (Wildman–Crippen MR) is 86.3 cm³/mol. The van der Waals surface area contributed by atoms with E-state index in [1.54, 1.807) is 0 Å². The summed E-state index contributed by atoms with van der Waals surface area (Å²) >= 11 is 1.16. The second-order valence-electron chi connectivity index (χ2n) is 6.30. The van der Waals surface area contributed by atoms with Crippen LogP contribution in [0, 0.1) is 0 Å². The molecule has 0 amide bonds. The molecule has 0 aromatic heterocycles. The van der Waals surface area contributed by atoms with Crippen molar-refractivity contribution in [3.05, 3.63) is 0 Å². The summed E-state index contributed by atoms with van der Waals surface area (Å²) in [5.74, 6) is -14.2. The average Bonchev–Trinajstić information content (AvgIpc) is 2.48. The van der Waals surface area contributed by atoms with Gasteiger partial charge in [-0.2, -0.15) is 43.9 Å². The summed E-state index contributed by atoms with van der Waals surface area (Å²) in [7, 11) is 0. The van der Waals surface area contributed by atoms with Gasteiger partial charge in [0.25, 0.3) is 5.67 Å². The highest BCUT2D eigenvalue weighted by atomic mass is 127. The molecule has 164 valence electrons. The molecule has 0 aliphatic heterocycles. The van der Waals surface area contributed by atoms with Crippen molar-refractivity contribution in [2.24, 2.45) is 0 Å². The Morgan fingerprint density at radius 3 is 1.48 bits per heavy atom. The van der Waals surface area contributed by atoms with Gasteiger partial charge >= 0.3 is 24.2 Å². The van der Waals surface area contributed by atoms with E-state index in [-0.39, 0.29) is 12.8 Å². The molecule has 0 heterocycles. The zero-order valence-electron chi connectivity index (χ0n) is 14.3. The number of halogens is 12. The van der Waals surface area contributed by atoms with Gasteiger partial charge in [-0.25, -0.2) is 4.39 Å². The van der Waals surface area contributed by atoms with Crippen molar-refractivity contribution in [3.63, 3.8) is 0 Å². The highest BCUT2D eigenvalue weighted by Crippen LogP contribution is 2.59. The summed E-state index contributed by atoms with van der Waals surface area (Å²) in [5.41, 5.74) is -6.02. The van der Waals surface area contributed by atoms with Crippen molar-refractivity contribution < 1.29 is 48.3 Å². The van der Waals surface area contributed by atoms with Gasteiger partial charge in [-0.05, 0) is 6.42 Å². The lowest BCUT2D eigenvalue weighted by molar-refractivity contribution is -0.412. The van der Waals surface area contributed by atoms with Gasteiger partial charge in [0, 0.05) is 10.3 Å². The number of unbranched alkanes of at least 4 members (excludes halogenated alkanes) is 5. The SMILES string of the molecule is CCCCCCCCC(I)CC(F)(C(F)(F)F)C(F)(F)C(F)(F)C(F)(F)F. The number of rotatable bonds is 11. The monoisotopic (exact) mass is 536 g/mol. The second-order valence-corrected chi connectivity index (χ2v) is 8.06. The van der Waals surface area contributed by atoms with E-state index >= 15 is 0 Å². The van der Waals surface area contributed by atoms with E-state index < -0.39 is 40.2 Å². The van der Waals surface area contributed by atoms with Gasteiger partial charge in [-0.15, -0.1) is 0 Å². The van der Waals surface area contributed by atoms with E-state index in [2.05, 4.69) is 0 Å². The summed E-state index contributed by atoms with van der Waals surface area (Å²) in [6, 6.07) is 0. The first-order valence-corrected chi connectivity index (χ1v) is 9.42. The third kappa shape index (κ3) is 6.22. The van der Waals surface area contributed by atoms with Crippen molar-refractivity contribution in [1.29, 1.82) is 0 Å². The summed E-state index contributed by atoms with van der Waals surface area (Å²) < 4.78 is 141. The first kappa shape index (κ1) is 27.0. The third-order valence-electron chi connectivity index (χ3n) is 4.07. The lowest BCUT2D eigenvalue weighted by Gasteiger charge is -2.40. The van der Waals surface area contributed by atoms with Crippen LogP contribution < -0.4 is 0 Å². The molecule has 0 aliphatic rings. The molecule has 2 atom stereocenters. The van der Waals surface area contributed by atoms with E-state index in [1.165, 1.54) is 0 Å². The van der Waals surface area contributed by atoms with Gasteiger partial charge in [-0.3, -0.25) is 0 Å². The molecule has 0 saturated heterocycles. The molecule has 27 heavy (non-hydrogen) atoms. The fourth-order valence-electron chi connectivity index (χ4n) is 2.40. The Balaban J connectivity index is 5.32. The summed E-state index contributed by atoms with van der Waals surface area (Å²) in [6.07, 6.45) is -12.0. The normalized spacial score (nSPS) is 17.7. The molecule has 0 rings (SSSR count). The molecular formula is C15H20F11I. The standard InChI is InChI=1S/C15H20F11I/c1-2-3-4-5-6-7-8-10(27)9-11(16,14(21,22)23)12(17,18)13(19,20)15(24,25)26/h10H,2-9H2,1H3. The molecule has 0 aromatic rings. The highest BCUT2D eigenvalue weighted by Gasteiger charge is 2.86. The van der Waals surface area contributed by atoms with E-state index in [9.17, 15) is 48.3 Å². The minimum atomic E-state index is -7.18. The maximum atomic E-state index is 14.2. The number of alkyl halides is 12. The molecule has 0 saturated carbocycles. The Labute approximate surface area is 163 Å². The zero-order valence-corrected chi connectivity index (χ0v) is 16.4. The predicted octanol–water partition coefficient (Wildman–Crippen LogP) is 8.03. The van der Waals surface area contributed by atoms with Crippen molar-refractivity contribution in [1.82, 2.24) is 0 Å². The molecule has 12 heteroatoms. The minimum Gasteiger partial charge on any atom is -0.227 e. The second kappa shape index (κ2) is 9.64. The van der Waals surface area contributed by atoms with E-state index in [0.717, 1.165) is 41.9 Å². The molecule has 0 aromatic carbocycles. The first-order valence-electron chi connectivity index (χ1n) is 8.17. The van der Waals surface area contributed by atoms with Crippen molar-refractivity contribution in [3.8, 4) is 0 Å². The molecule has 0 fully saturated rings. The van der Waals surface area contributed by atoms with Crippen LogP contribution in [0.4, 0.5) is 48.3 Å². The van der Waals surface area contributed by atoms with Crippen LogP contribution in [0.15, 0.2) is 0 Å². The smallest absolute Gasteiger partial charge is 0.227 e. The van der Waals surface area contributed by atoms with Crippen LogP contribution in [0.2, 0.25) is 0 Å². The molecular weight excluding hydrogens is 516 g/mol. The van der Waals surface area contributed by atoms with Crippen LogP contribution in [-0.2, 0) is 0 Å². The topological polar surface area (TPSA) is 0 Å². The Bertz CT molecular complexity index is 444. The maximum absolute atomic E-state index is 14.2. The highest BCUT2D eigenvalue weighted by molar-refractivity contribution is 14.1. The Morgan fingerprint density at radius 1 is 0.630 bits per heavy atom. The Kier molecular flexibility index (Phi) is 9.63. The van der Waals surface area contributed by atoms with Crippen LogP contribution in [0.25, 0.3) is 0 Å². The van der Waals surface area contributed by atoms with Crippen LogP contribution in [-0.4, -0.2) is 33.8 Å². The molecule has 2 unspecified atom stereocenters. The maximum Gasteiger partial charge on any atom is 0.460 e. The fourth-order valence-corrected chi connectivity index (χ4v) is 3.45. The van der Waals surface area contributed by atoms with E-state index in [1.807, 2.05) is 6.92 Å². The third-order valence-corrected chi connectivity index (χ3v) is 5.13. The van der Waals surface area contributed by atoms with Gasteiger partial charge in [0.15, 0.2) is 0 Å². The van der Waals surface area contributed by atoms with Crippen molar-refractivity contribution >= 4 is 22.6 Å². The largest absolute Gasteiger partial charge is 0.460 e. The summed E-state index contributed by atoms with van der Waals surface area (Å²) in [6.45, 7) is 1.94. The van der Waals surface area contributed by atoms with E-state index in [0.29, 0.717) is 12.8 Å². The zero-order chi connectivity index (χ0) is 21.7. The molecule has 0 bridgehead atoms. The van der Waals surface area contributed by atoms with Crippen molar-refractivity contribution in [2.45, 2.75) is 92.1 Å². The van der Waals surface area contributed by atoms with Crippen LogP contribution in [0.1, 0.15) is 58.3 Å².